The molecule has 0 fully saturated rings. The van der Waals surface area contributed by atoms with Crippen LogP contribution in [0.15, 0.2) is 71.6 Å². The number of nitrogens with zero attached hydrogens (tertiary/aromatic N) is 2. The maximum atomic E-state index is 13.5. The number of likely N-dealkylation sites (N-methyl/N-ethyl adjacent to an activating group) is 1. The Labute approximate surface area is 256 Å². The number of ether oxygens (including phenoxy) is 3. The summed E-state index contributed by atoms with van der Waals surface area (Å²) in [4.78, 5) is 29.8. The van der Waals surface area contributed by atoms with Gasteiger partial charge in [0, 0.05) is 42.5 Å². The van der Waals surface area contributed by atoms with Crippen molar-refractivity contribution < 1.29 is 37.3 Å². The smallest absolute Gasteiger partial charge is 0.321 e. The average molecular weight is 625 g/mol. The summed E-state index contributed by atoms with van der Waals surface area (Å²) in [6.45, 7) is 4.03. The number of amides is 3. The van der Waals surface area contributed by atoms with Crippen LogP contribution in [0.4, 0.5) is 16.2 Å². The van der Waals surface area contributed by atoms with E-state index in [1.807, 2.05) is 6.92 Å². The zero-order valence-corrected chi connectivity index (χ0v) is 25.5. The number of anilines is 2. The largest absolute Gasteiger partial charge is 0.488 e. The fourth-order valence-electron chi connectivity index (χ4n) is 5.07. The molecule has 3 amide bonds. The van der Waals surface area contributed by atoms with Crippen molar-refractivity contribution >= 4 is 33.3 Å². The van der Waals surface area contributed by atoms with E-state index in [1.54, 1.807) is 73.5 Å². The summed E-state index contributed by atoms with van der Waals surface area (Å²) in [5, 5.41) is 12.8. The molecule has 0 bridgehead atoms. The lowest BCUT2D eigenvalue weighted by Gasteiger charge is -2.34. The van der Waals surface area contributed by atoms with E-state index in [4.69, 9.17) is 14.2 Å². The molecular formula is C31H36N4O8S. The standard InChI is InChI=1S/C31H36N4O8S/c1-20-16-35(21(2)18-36)30(37)14-22-13-24(33-44(39,40)25-7-5-4-6-8-25)10-11-26(22)43-29(20)17-34(3)31(38)32-23-9-12-27-28(15-23)42-19-41-27/h4-13,15,20-21,29,33,36H,14,16-19H2,1-3H3,(H,32,38)/t20-,21+,29-/m0/s1. The molecule has 0 saturated carbocycles. The minimum Gasteiger partial charge on any atom is -0.488 e. The summed E-state index contributed by atoms with van der Waals surface area (Å²) in [6, 6.07) is 17.1. The van der Waals surface area contributed by atoms with Gasteiger partial charge in [0.25, 0.3) is 10.0 Å². The summed E-state index contributed by atoms with van der Waals surface area (Å²) < 4.78 is 45.7. The number of carbonyl (C=O) groups excluding carboxylic acids is 2. The number of hydrogen-bond acceptors (Lipinski definition) is 8. The summed E-state index contributed by atoms with van der Waals surface area (Å²) in [7, 11) is -2.22. The Balaban J connectivity index is 1.38. The van der Waals surface area contributed by atoms with Crippen molar-refractivity contribution in [2.24, 2.45) is 5.92 Å². The van der Waals surface area contributed by atoms with Crippen LogP contribution in [-0.2, 0) is 21.2 Å². The first-order valence-electron chi connectivity index (χ1n) is 14.2. The lowest BCUT2D eigenvalue weighted by molar-refractivity contribution is -0.134. The maximum Gasteiger partial charge on any atom is 0.321 e. The number of hydrogen-bond donors (Lipinski definition) is 3. The van der Waals surface area contributed by atoms with Crippen molar-refractivity contribution in [3.8, 4) is 17.2 Å². The molecule has 3 atom stereocenters. The predicted molar refractivity (Wildman–Crippen MR) is 163 cm³/mol. The van der Waals surface area contributed by atoms with Gasteiger partial charge in [0.1, 0.15) is 11.9 Å². The van der Waals surface area contributed by atoms with E-state index in [1.165, 1.54) is 17.0 Å². The Morgan fingerprint density at radius 1 is 1.05 bits per heavy atom. The van der Waals surface area contributed by atoms with Gasteiger partial charge in [0.15, 0.2) is 11.5 Å². The zero-order valence-electron chi connectivity index (χ0n) is 24.7. The molecule has 2 heterocycles. The lowest BCUT2D eigenvalue weighted by Crippen LogP contribution is -2.48. The van der Waals surface area contributed by atoms with Crippen molar-refractivity contribution in [2.75, 3.05) is 43.6 Å². The Bertz CT molecular complexity index is 1620. The number of rotatable bonds is 8. The number of aliphatic hydroxyl groups excluding tert-OH is 1. The molecule has 13 heteroatoms. The fourth-order valence-corrected chi connectivity index (χ4v) is 6.14. The van der Waals surface area contributed by atoms with Crippen LogP contribution in [0, 0.1) is 5.92 Å². The fraction of sp³-hybridized carbons (Fsp3) is 0.355. The molecule has 12 nitrogen and oxygen atoms in total. The Kier molecular flexibility index (Phi) is 9.16. The third kappa shape index (κ3) is 7.00. The number of urea groups is 1. The number of carbonyl (C=O) groups is 2. The Morgan fingerprint density at radius 2 is 1.75 bits per heavy atom. The third-order valence-corrected chi connectivity index (χ3v) is 9.04. The number of nitrogens with one attached hydrogen (secondary N) is 2. The van der Waals surface area contributed by atoms with Crippen LogP contribution in [-0.4, -0.2) is 80.9 Å². The van der Waals surface area contributed by atoms with Crippen molar-refractivity contribution in [1.29, 1.82) is 0 Å². The molecular weight excluding hydrogens is 588 g/mol. The van der Waals surface area contributed by atoms with Crippen LogP contribution >= 0.6 is 0 Å². The van der Waals surface area contributed by atoms with E-state index < -0.39 is 22.2 Å². The second-order valence-corrected chi connectivity index (χ2v) is 12.7. The van der Waals surface area contributed by atoms with Crippen LogP contribution in [0.5, 0.6) is 17.2 Å². The van der Waals surface area contributed by atoms with Crippen LogP contribution in [0.3, 0.4) is 0 Å². The topological polar surface area (TPSA) is 147 Å². The minimum absolute atomic E-state index is 0.0690. The van der Waals surface area contributed by atoms with Crippen molar-refractivity contribution in [3.63, 3.8) is 0 Å². The molecule has 0 aliphatic carbocycles. The minimum atomic E-state index is -3.86. The molecule has 3 N–H and O–H groups in total. The van der Waals surface area contributed by atoms with E-state index in [2.05, 4.69) is 10.0 Å². The highest BCUT2D eigenvalue weighted by Crippen LogP contribution is 2.34. The molecule has 3 aromatic carbocycles. The van der Waals surface area contributed by atoms with Gasteiger partial charge in [-0.05, 0) is 49.4 Å². The molecule has 44 heavy (non-hydrogen) atoms. The van der Waals surface area contributed by atoms with Gasteiger partial charge in [-0.25, -0.2) is 13.2 Å². The van der Waals surface area contributed by atoms with E-state index in [0.29, 0.717) is 28.5 Å². The van der Waals surface area contributed by atoms with E-state index >= 15 is 0 Å². The van der Waals surface area contributed by atoms with E-state index in [0.717, 1.165) is 0 Å². The number of benzene rings is 3. The SMILES string of the molecule is C[C@H](CO)N1C[C@H](C)[C@H](CN(C)C(=O)Nc2ccc3c(c2)OCO3)Oc2ccc(NS(=O)(=O)c3ccccc3)cc2CC1=O. The first-order valence-corrected chi connectivity index (χ1v) is 15.7. The highest BCUT2D eigenvalue weighted by Gasteiger charge is 2.32. The van der Waals surface area contributed by atoms with E-state index in [9.17, 15) is 23.1 Å². The second-order valence-electron chi connectivity index (χ2n) is 11.0. The van der Waals surface area contributed by atoms with Crippen molar-refractivity contribution in [2.45, 2.75) is 37.3 Å². The van der Waals surface area contributed by atoms with Gasteiger partial charge in [-0.1, -0.05) is 25.1 Å². The van der Waals surface area contributed by atoms with Crippen LogP contribution < -0.4 is 24.2 Å². The molecule has 0 spiro atoms. The molecule has 0 unspecified atom stereocenters. The first-order chi connectivity index (χ1) is 21.0. The van der Waals surface area contributed by atoms with Gasteiger partial charge in [0.05, 0.1) is 30.5 Å². The highest BCUT2D eigenvalue weighted by molar-refractivity contribution is 7.92. The molecule has 5 rings (SSSR count). The third-order valence-electron chi connectivity index (χ3n) is 7.65. The van der Waals surface area contributed by atoms with Gasteiger partial charge in [0.2, 0.25) is 12.7 Å². The van der Waals surface area contributed by atoms with Crippen LogP contribution in [0.1, 0.15) is 19.4 Å². The zero-order chi connectivity index (χ0) is 31.4. The number of sulfonamides is 1. The monoisotopic (exact) mass is 624 g/mol. The molecule has 2 aliphatic rings. The van der Waals surface area contributed by atoms with Crippen LogP contribution in [0.2, 0.25) is 0 Å². The average Bonchev–Trinajstić information content (AvgIpc) is 3.49. The van der Waals surface area contributed by atoms with Crippen molar-refractivity contribution in [1.82, 2.24) is 9.80 Å². The molecule has 2 aliphatic heterocycles. The van der Waals surface area contributed by atoms with Gasteiger partial charge < -0.3 is 34.4 Å². The first kappa shape index (κ1) is 31.0. The number of fused-ring (bicyclic) bond motifs is 2. The summed E-state index contributed by atoms with van der Waals surface area (Å²) in [5.74, 6) is 1.08. The second kappa shape index (κ2) is 13.0. The molecule has 234 valence electrons. The number of aliphatic hydroxyl groups is 1. The molecule has 3 aromatic rings. The van der Waals surface area contributed by atoms with Gasteiger partial charge in [-0.15, -0.1) is 0 Å². The quantitative estimate of drug-likeness (QED) is 0.345. The van der Waals surface area contributed by atoms with Gasteiger partial charge >= 0.3 is 6.03 Å². The summed E-state index contributed by atoms with van der Waals surface area (Å²) >= 11 is 0. The van der Waals surface area contributed by atoms with Crippen molar-refractivity contribution in [3.05, 3.63) is 72.3 Å². The summed E-state index contributed by atoms with van der Waals surface area (Å²) in [6.07, 6.45) is -0.618. The maximum absolute atomic E-state index is 13.5. The van der Waals surface area contributed by atoms with Gasteiger partial charge in [-0.2, -0.15) is 0 Å². The van der Waals surface area contributed by atoms with E-state index in [-0.39, 0.29) is 61.3 Å². The van der Waals surface area contributed by atoms with Gasteiger partial charge in [-0.3, -0.25) is 9.52 Å². The highest BCUT2D eigenvalue weighted by atomic mass is 32.2. The normalized spacial score (nSPS) is 18.6. The predicted octanol–water partition coefficient (Wildman–Crippen LogP) is 3.53. The lowest BCUT2D eigenvalue weighted by atomic mass is 10.0. The Hall–Kier alpha value is -4.49. The molecule has 0 saturated heterocycles. The molecule has 0 aromatic heterocycles. The summed E-state index contributed by atoms with van der Waals surface area (Å²) in [5.41, 5.74) is 1.29. The molecule has 0 radical (unpaired) electrons. The Morgan fingerprint density at radius 3 is 2.50 bits per heavy atom. The van der Waals surface area contributed by atoms with Crippen LogP contribution in [0.25, 0.3) is 0 Å².